The number of fused-ring (bicyclic) bond motifs is 1. The summed E-state index contributed by atoms with van der Waals surface area (Å²) in [6.07, 6.45) is -3.85. The Bertz CT molecular complexity index is 476. The molecular formula is C11H12F3NO2S. The van der Waals surface area contributed by atoms with Crippen molar-refractivity contribution in [1.29, 1.82) is 0 Å². The van der Waals surface area contributed by atoms with Crippen molar-refractivity contribution >= 4 is 11.1 Å². The average molecular weight is 279 g/mol. The molecule has 7 heteroatoms. The topological polar surface area (TPSA) is 40.5 Å². The molecule has 0 aliphatic carbocycles. The summed E-state index contributed by atoms with van der Waals surface area (Å²) >= 11 is -1.91. The molecule has 1 aliphatic rings. The van der Waals surface area contributed by atoms with E-state index in [0.717, 1.165) is 11.6 Å². The highest BCUT2D eigenvalue weighted by molar-refractivity contribution is 7.79. The molecule has 2 rings (SSSR count). The van der Waals surface area contributed by atoms with E-state index in [-0.39, 0.29) is 5.88 Å². The van der Waals surface area contributed by atoms with Crippen molar-refractivity contribution in [3.8, 4) is 0 Å². The molecule has 1 aromatic carbocycles. The predicted octanol–water partition coefficient (Wildman–Crippen LogP) is 2.24. The van der Waals surface area contributed by atoms with Crippen LogP contribution < -0.4 is 0 Å². The number of nitrogens with zero attached hydrogens (tertiary/aromatic N) is 1. The molecule has 1 N–H and O–H groups in total. The second-order valence-electron chi connectivity index (χ2n) is 4.23. The second-order valence-corrected chi connectivity index (χ2v) is 5.14. The minimum absolute atomic E-state index is 0.0282. The standard InChI is InChI=1S/C11H12F3NO2S/c12-11(13,14)10-2-1-9-6-15(7-18(16)17)4-3-8(9)5-10/h1-2,5H,3-4,6-7H2,(H,16,17). The monoisotopic (exact) mass is 279 g/mol. The van der Waals surface area contributed by atoms with Crippen LogP contribution in [0.15, 0.2) is 18.2 Å². The summed E-state index contributed by atoms with van der Waals surface area (Å²) in [5.74, 6) is 0.0282. The number of hydrogen-bond donors (Lipinski definition) is 1. The van der Waals surface area contributed by atoms with Gasteiger partial charge in [0, 0.05) is 13.1 Å². The fraction of sp³-hybridized carbons (Fsp3) is 0.455. The van der Waals surface area contributed by atoms with Gasteiger partial charge in [0.05, 0.1) is 5.56 Å². The molecular weight excluding hydrogens is 267 g/mol. The van der Waals surface area contributed by atoms with E-state index < -0.39 is 22.8 Å². The first-order valence-corrected chi connectivity index (χ1v) is 6.62. The van der Waals surface area contributed by atoms with Crippen molar-refractivity contribution in [2.75, 3.05) is 12.4 Å². The molecule has 0 spiro atoms. The van der Waals surface area contributed by atoms with Crippen molar-refractivity contribution in [1.82, 2.24) is 4.90 Å². The number of alkyl halides is 3. The molecule has 18 heavy (non-hydrogen) atoms. The molecule has 1 aromatic rings. The van der Waals surface area contributed by atoms with Gasteiger partial charge in [-0.25, -0.2) is 4.21 Å². The highest BCUT2D eigenvalue weighted by atomic mass is 32.2. The Morgan fingerprint density at radius 3 is 2.67 bits per heavy atom. The molecule has 0 amide bonds. The van der Waals surface area contributed by atoms with Gasteiger partial charge in [-0.3, -0.25) is 4.90 Å². The zero-order chi connectivity index (χ0) is 13.3. The van der Waals surface area contributed by atoms with E-state index in [1.54, 1.807) is 4.90 Å². The molecule has 0 bridgehead atoms. The maximum absolute atomic E-state index is 12.5. The Morgan fingerprint density at radius 1 is 1.33 bits per heavy atom. The second kappa shape index (κ2) is 4.99. The SMILES string of the molecule is O=S(O)CN1CCc2cc(C(F)(F)F)ccc2C1. The molecule has 0 saturated heterocycles. The van der Waals surface area contributed by atoms with Gasteiger partial charge in [-0.15, -0.1) is 0 Å². The summed E-state index contributed by atoms with van der Waals surface area (Å²) in [7, 11) is 0. The fourth-order valence-electron chi connectivity index (χ4n) is 2.05. The summed E-state index contributed by atoms with van der Waals surface area (Å²) < 4.78 is 57.0. The Labute approximate surface area is 105 Å². The third-order valence-corrected chi connectivity index (χ3v) is 3.50. The number of halogens is 3. The quantitative estimate of drug-likeness (QED) is 0.844. The van der Waals surface area contributed by atoms with Crippen LogP contribution >= 0.6 is 0 Å². The third kappa shape index (κ3) is 3.09. The molecule has 1 unspecified atom stereocenters. The summed E-state index contributed by atoms with van der Waals surface area (Å²) in [6, 6.07) is 3.67. The van der Waals surface area contributed by atoms with Gasteiger partial charge in [0.1, 0.15) is 5.88 Å². The van der Waals surface area contributed by atoms with Crippen molar-refractivity contribution in [3.63, 3.8) is 0 Å². The summed E-state index contributed by atoms with van der Waals surface area (Å²) in [5, 5.41) is 0. The predicted molar refractivity (Wildman–Crippen MR) is 61.2 cm³/mol. The lowest BCUT2D eigenvalue weighted by molar-refractivity contribution is -0.137. The molecule has 0 fully saturated rings. The van der Waals surface area contributed by atoms with Gasteiger partial charge in [0.15, 0.2) is 11.1 Å². The van der Waals surface area contributed by atoms with Crippen LogP contribution in [0.2, 0.25) is 0 Å². The van der Waals surface area contributed by atoms with Gasteiger partial charge in [-0.1, -0.05) is 6.07 Å². The molecule has 0 saturated carbocycles. The van der Waals surface area contributed by atoms with Crippen LogP contribution in [-0.2, 0) is 30.2 Å². The van der Waals surface area contributed by atoms with Gasteiger partial charge < -0.3 is 4.55 Å². The average Bonchev–Trinajstić information content (AvgIpc) is 2.26. The lowest BCUT2D eigenvalue weighted by Crippen LogP contribution is -2.33. The summed E-state index contributed by atoms with van der Waals surface area (Å²) in [4.78, 5) is 1.76. The maximum atomic E-state index is 12.5. The number of hydrogen-bond acceptors (Lipinski definition) is 2. The minimum atomic E-state index is -4.32. The summed E-state index contributed by atoms with van der Waals surface area (Å²) in [6.45, 7) is 0.917. The molecule has 1 atom stereocenters. The first kappa shape index (κ1) is 13.5. The zero-order valence-electron chi connectivity index (χ0n) is 9.41. The Balaban J connectivity index is 2.18. The van der Waals surface area contributed by atoms with E-state index in [1.807, 2.05) is 0 Å². The smallest absolute Gasteiger partial charge is 0.305 e. The van der Waals surface area contributed by atoms with Crippen molar-refractivity contribution in [3.05, 3.63) is 34.9 Å². The normalized spacial score (nSPS) is 18.4. The lowest BCUT2D eigenvalue weighted by Gasteiger charge is -2.27. The molecule has 100 valence electrons. The number of benzene rings is 1. The van der Waals surface area contributed by atoms with E-state index in [1.165, 1.54) is 12.1 Å². The van der Waals surface area contributed by atoms with Crippen LogP contribution in [-0.4, -0.2) is 26.1 Å². The molecule has 0 aromatic heterocycles. The van der Waals surface area contributed by atoms with Crippen molar-refractivity contribution < 1.29 is 21.9 Å². The van der Waals surface area contributed by atoms with Crippen molar-refractivity contribution in [2.45, 2.75) is 19.1 Å². The van der Waals surface area contributed by atoms with Crippen LogP contribution in [0.1, 0.15) is 16.7 Å². The van der Waals surface area contributed by atoms with E-state index in [4.69, 9.17) is 4.55 Å². The van der Waals surface area contributed by atoms with E-state index in [2.05, 4.69) is 0 Å². The van der Waals surface area contributed by atoms with Crippen LogP contribution in [0.3, 0.4) is 0 Å². The number of rotatable bonds is 2. The minimum Gasteiger partial charge on any atom is -0.305 e. The largest absolute Gasteiger partial charge is 0.416 e. The van der Waals surface area contributed by atoms with Gasteiger partial charge in [0.25, 0.3) is 0 Å². The van der Waals surface area contributed by atoms with Crippen LogP contribution in [0, 0.1) is 0 Å². The van der Waals surface area contributed by atoms with Gasteiger partial charge >= 0.3 is 6.18 Å². The van der Waals surface area contributed by atoms with Gasteiger partial charge in [-0.05, 0) is 29.7 Å². The molecule has 3 nitrogen and oxygen atoms in total. The van der Waals surface area contributed by atoms with E-state index >= 15 is 0 Å². The van der Waals surface area contributed by atoms with Crippen LogP contribution in [0.4, 0.5) is 13.2 Å². The Morgan fingerprint density at radius 2 is 2.06 bits per heavy atom. The van der Waals surface area contributed by atoms with E-state index in [9.17, 15) is 17.4 Å². The van der Waals surface area contributed by atoms with E-state index in [0.29, 0.717) is 25.1 Å². The van der Waals surface area contributed by atoms with Crippen LogP contribution in [0.25, 0.3) is 0 Å². The first-order chi connectivity index (χ1) is 8.36. The van der Waals surface area contributed by atoms with Gasteiger partial charge in [-0.2, -0.15) is 13.2 Å². The Hall–Kier alpha value is -0.920. The molecule has 0 radical (unpaired) electrons. The Kier molecular flexibility index (Phi) is 3.74. The molecule has 1 aliphatic heterocycles. The van der Waals surface area contributed by atoms with Gasteiger partial charge in [0.2, 0.25) is 0 Å². The van der Waals surface area contributed by atoms with Crippen molar-refractivity contribution in [2.24, 2.45) is 0 Å². The summed E-state index contributed by atoms with van der Waals surface area (Å²) in [5.41, 5.74) is 0.824. The highest BCUT2D eigenvalue weighted by Gasteiger charge is 2.31. The first-order valence-electron chi connectivity index (χ1n) is 5.35. The highest BCUT2D eigenvalue weighted by Crippen LogP contribution is 2.32. The fourth-order valence-corrected chi connectivity index (χ4v) is 2.59. The van der Waals surface area contributed by atoms with Crippen LogP contribution in [0.5, 0.6) is 0 Å². The molecule has 1 heterocycles. The zero-order valence-corrected chi connectivity index (χ0v) is 10.2. The third-order valence-electron chi connectivity index (χ3n) is 2.92. The lowest BCUT2D eigenvalue weighted by atomic mass is 9.97. The maximum Gasteiger partial charge on any atom is 0.416 e.